The second kappa shape index (κ2) is 9.55. The highest BCUT2D eigenvalue weighted by molar-refractivity contribution is 5.85. The molecule has 1 aliphatic rings. The van der Waals surface area contributed by atoms with Crippen LogP contribution in [0, 0.1) is 6.92 Å². The number of aryl methyl sites for hydroxylation is 1. The Morgan fingerprint density at radius 1 is 1.27 bits per heavy atom. The largest absolute Gasteiger partial charge is 0.454 e. The summed E-state index contributed by atoms with van der Waals surface area (Å²) in [7, 11) is 0. The van der Waals surface area contributed by atoms with Gasteiger partial charge < -0.3 is 15.2 Å². The number of hydrogen-bond acceptors (Lipinski definition) is 6. The third kappa shape index (κ3) is 4.22. The van der Waals surface area contributed by atoms with E-state index in [9.17, 15) is 9.18 Å². The Morgan fingerprint density at radius 2 is 2.03 bits per heavy atom. The number of fused-ring (bicyclic) bond motifs is 1. The summed E-state index contributed by atoms with van der Waals surface area (Å²) in [5.41, 5.74) is 7.89. The van der Waals surface area contributed by atoms with E-state index in [0.29, 0.717) is 23.6 Å². The van der Waals surface area contributed by atoms with E-state index in [1.165, 1.54) is 10.9 Å². The summed E-state index contributed by atoms with van der Waals surface area (Å²) >= 11 is 0. The monoisotopic (exact) mass is 435 g/mol. The van der Waals surface area contributed by atoms with Crippen molar-refractivity contribution < 1.29 is 13.9 Å². The zero-order valence-electron chi connectivity index (χ0n) is 15.5. The Kier molecular flexibility index (Phi) is 7.36. The number of halogens is 2. The molecule has 2 aromatic heterocycles. The van der Waals surface area contributed by atoms with Gasteiger partial charge in [-0.15, -0.1) is 12.4 Å². The maximum atomic E-state index is 12.7. The van der Waals surface area contributed by atoms with E-state index in [0.717, 1.165) is 21.4 Å². The molecule has 3 heterocycles. The van der Waals surface area contributed by atoms with Crippen molar-refractivity contribution in [2.75, 3.05) is 13.3 Å². The van der Waals surface area contributed by atoms with E-state index < -0.39 is 5.69 Å². The molecule has 2 N–H and O–H groups in total. The maximum absolute atomic E-state index is 12.7. The number of hydrogen-bond donors (Lipinski definition) is 1. The quantitative estimate of drug-likeness (QED) is 0.661. The van der Waals surface area contributed by atoms with Crippen molar-refractivity contribution in [2.45, 2.75) is 20.9 Å². The van der Waals surface area contributed by atoms with Gasteiger partial charge in [0.1, 0.15) is 12.1 Å². The van der Waals surface area contributed by atoms with Crippen molar-refractivity contribution in [1.82, 2.24) is 19.3 Å². The van der Waals surface area contributed by atoms with E-state index in [1.807, 2.05) is 31.2 Å². The fourth-order valence-electron chi connectivity index (χ4n) is 2.98. The van der Waals surface area contributed by atoms with Crippen LogP contribution in [0.4, 0.5) is 4.39 Å². The predicted molar refractivity (Wildman–Crippen MR) is 114 cm³/mol. The molecule has 0 amide bonds. The highest BCUT2D eigenvalue weighted by atomic mass is 35.5. The van der Waals surface area contributed by atoms with Gasteiger partial charge in [-0.05, 0) is 41.8 Å². The molecule has 0 aliphatic carbocycles. The summed E-state index contributed by atoms with van der Waals surface area (Å²) in [5, 5.41) is 4.02. The van der Waals surface area contributed by atoms with Gasteiger partial charge in [0.05, 0.1) is 12.9 Å². The van der Waals surface area contributed by atoms with Gasteiger partial charge in [-0.3, -0.25) is 0 Å². The standard InChI is InChI=1S/C19H18FN5O3.CH4.ClH/c1-12-4-15(14-2-3-16-17(5-14)28-11-27-16)8-22-18(12)24-10-23-25(19(24)26)9-13(6-20)7-21;;/h2-6,8,10H,7,9,11,21H2,1H3;1H4;1H/b13-6+;;. The maximum Gasteiger partial charge on any atom is 0.351 e. The zero-order valence-corrected chi connectivity index (χ0v) is 16.4. The summed E-state index contributed by atoms with van der Waals surface area (Å²) in [6, 6.07) is 7.59. The van der Waals surface area contributed by atoms with Crippen LogP contribution in [0.15, 0.2) is 53.5 Å². The number of benzene rings is 1. The predicted octanol–water partition coefficient (Wildman–Crippen LogP) is 3.00. The normalized spacial score (nSPS) is 12.3. The first kappa shape index (κ1) is 23.1. The molecule has 1 aromatic carbocycles. The minimum atomic E-state index is -0.417. The lowest BCUT2D eigenvalue weighted by molar-refractivity contribution is 0.174. The van der Waals surface area contributed by atoms with Gasteiger partial charge in [0.25, 0.3) is 0 Å². The molecule has 30 heavy (non-hydrogen) atoms. The van der Waals surface area contributed by atoms with Crippen LogP contribution in [0.3, 0.4) is 0 Å². The molecule has 0 spiro atoms. The molecule has 1 aliphatic heterocycles. The van der Waals surface area contributed by atoms with E-state index in [1.54, 1.807) is 6.20 Å². The second-order valence-electron chi connectivity index (χ2n) is 6.35. The van der Waals surface area contributed by atoms with E-state index in [2.05, 4.69) is 10.1 Å². The lowest BCUT2D eigenvalue weighted by Crippen LogP contribution is -2.26. The lowest BCUT2D eigenvalue weighted by atomic mass is 10.1. The Labute approximate surface area is 179 Å². The highest BCUT2D eigenvalue weighted by Gasteiger charge is 2.16. The molecule has 10 heteroatoms. The van der Waals surface area contributed by atoms with Crippen LogP contribution >= 0.6 is 12.4 Å². The smallest absolute Gasteiger partial charge is 0.351 e. The van der Waals surface area contributed by atoms with Crippen LogP contribution in [0.1, 0.15) is 13.0 Å². The molecule has 0 radical (unpaired) electrons. The van der Waals surface area contributed by atoms with Gasteiger partial charge in [-0.25, -0.2) is 23.4 Å². The minimum Gasteiger partial charge on any atom is -0.454 e. The molecule has 0 fully saturated rings. The topological polar surface area (TPSA) is 97.2 Å². The third-order valence-corrected chi connectivity index (χ3v) is 4.49. The van der Waals surface area contributed by atoms with Crippen LogP contribution < -0.4 is 20.9 Å². The van der Waals surface area contributed by atoms with Crippen LogP contribution in [0.2, 0.25) is 0 Å². The van der Waals surface area contributed by atoms with Crippen molar-refractivity contribution in [3.05, 3.63) is 64.7 Å². The van der Waals surface area contributed by atoms with Crippen LogP contribution in [-0.4, -0.2) is 32.7 Å². The van der Waals surface area contributed by atoms with Crippen molar-refractivity contribution in [1.29, 1.82) is 0 Å². The SMILES string of the molecule is C.Cc1cc(-c2ccc3c(c2)OCO3)cnc1-n1cnn(C/C(=C/F)CN)c1=O.Cl. The van der Waals surface area contributed by atoms with Gasteiger partial charge in [-0.1, -0.05) is 13.5 Å². The molecule has 0 saturated carbocycles. The first-order valence-corrected chi connectivity index (χ1v) is 8.60. The molecular weight excluding hydrogens is 413 g/mol. The Bertz CT molecular complexity index is 1130. The van der Waals surface area contributed by atoms with Gasteiger partial charge in [0, 0.05) is 18.3 Å². The van der Waals surface area contributed by atoms with E-state index >= 15 is 0 Å². The molecule has 4 rings (SSSR count). The molecular formula is C20H23ClFN5O3. The first-order valence-electron chi connectivity index (χ1n) is 8.60. The number of nitrogens with two attached hydrogens (primary N) is 1. The minimum absolute atomic E-state index is 0. The average Bonchev–Trinajstić information content (AvgIpc) is 3.32. The Hall–Kier alpha value is -3.17. The van der Waals surface area contributed by atoms with E-state index in [4.69, 9.17) is 15.2 Å². The summed E-state index contributed by atoms with van der Waals surface area (Å²) in [6.45, 7) is 2.07. The van der Waals surface area contributed by atoms with Gasteiger partial charge in [0.15, 0.2) is 11.5 Å². The van der Waals surface area contributed by atoms with Crippen molar-refractivity contribution in [3.8, 4) is 28.4 Å². The number of pyridine rings is 1. The van der Waals surface area contributed by atoms with E-state index in [-0.39, 0.29) is 45.3 Å². The number of nitrogens with zero attached hydrogens (tertiary/aromatic N) is 4. The van der Waals surface area contributed by atoms with Gasteiger partial charge in [0.2, 0.25) is 6.79 Å². The summed E-state index contributed by atoms with van der Waals surface area (Å²) < 4.78 is 25.9. The molecule has 0 unspecified atom stereocenters. The Morgan fingerprint density at radius 3 is 2.73 bits per heavy atom. The fourth-order valence-corrected chi connectivity index (χ4v) is 2.98. The first-order chi connectivity index (χ1) is 13.6. The fraction of sp³-hybridized carbons (Fsp3) is 0.250. The molecule has 8 nitrogen and oxygen atoms in total. The molecule has 0 atom stereocenters. The molecule has 0 bridgehead atoms. The number of ether oxygens (including phenoxy) is 2. The third-order valence-electron chi connectivity index (χ3n) is 4.49. The highest BCUT2D eigenvalue weighted by Crippen LogP contribution is 2.36. The van der Waals surface area contributed by atoms with Crippen LogP contribution in [-0.2, 0) is 6.54 Å². The van der Waals surface area contributed by atoms with Gasteiger partial charge >= 0.3 is 5.69 Å². The molecule has 160 valence electrons. The average molecular weight is 436 g/mol. The van der Waals surface area contributed by atoms with Gasteiger partial charge in [-0.2, -0.15) is 5.10 Å². The van der Waals surface area contributed by atoms with Crippen molar-refractivity contribution in [3.63, 3.8) is 0 Å². The van der Waals surface area contributed by atoms with Crippen molar-refractivity contribution in [2.24, 2.45) is 5.73 Å². The molecule has 0 saturated heterocycles. The number of aromatic nitrogens is 4. The van der Waals surface area contributed by atoms with Crippen LogP contribution in [0.25, 0.3) is 16.9 Å². The summed E-state index contributed by atoms with van der Waals surface area (Å²) in [5.74, 6) is 1.86. The number of rotatable bonds is 5. The van der Waals surface area contributed by atoms with Crippen LogP contribution in [0.5, 0.6) is 11.5 Å². The summed E-state index contributed by atoms with van der Waals surface area (Å²) in [4.78, 5) is 17.0. The Balaban J connectivity index is 0.00000160. The zero-order chi connectivity index (χ0) is 19.7. The van der Waals surface area contributed by atoms with Crippen molar-refractivity contribution >= 4 is 12.4 Å². The lowest BCUT2D eigenvalue weighted by Gasteiger charge is -2.08. The second-order valence-corrected chi connectivity index (χ2v) is 6.35. The molecule has 3 aromatic rings. The summed E-state index contributed by atoms with van der Waals surface area (Å²) in [6.07, 6.45) is 3.44.